The number of rotatable bonds is 2. The predicted molar refractivity (Wildman–Crippen MR) is 74.9 cm³/mol. The van der Waals surface area contributed by atoms with E-state index in [0.717, 1.165) is 0 Å². The molecule has 4 heteroatoms. The van der Waals surface area contributed by atoms with E-state index in [-0.39, 0.29) is 31.0 Å². The van der Waals surface area contributed by atoms with E-state index in [9.17, 15) is 0 Å². The third kappa shape index (κ3) is 3.98. The molecule has 0 aromatic heterocycles. The fraction of sp³-hybridized carbons (Fsp3) is 0.467. The van der Waals surface area contributed by atoms with Crippen LogP contribution < -0.4 is 24.8 Å². The van der Waals surface area contributed by atoms with E-state index in [0.29, 0.717) is 5.92 Å². The van der Waals surface area contributed by atoms with Crippen molar-refractivity contribution in [2.24, 2.45) is 5.92 Å². The molecule has 19 heavy (non-hydrogen) atoms. The third-order valence-electron chi connectivity index (χ3n) is 3.81. The van der Waals surface area contributed by atoms with Crippen LogP contribution in [-0.4, -0.2) is 6.19 Å². The summed E-state index contributed by atoms with van der Waals surface area (Å²) in [5.41, 5.74) is 3.17. The van der Waals surface area contributed by atoms with E-state index in [2.05, 4.69) is 58.2 Å². The van der Waals surface area contributed by atoms with Crippen molar-refractivity contribution in [2.45, 2.75) is 40.3 Å². The number of halogens is 2. The van der Waals surface area contributed by atoms with Crippen LogP contribution in [0.2, 0.25) is 13.1 Å². The van der Waals surface area contributed by atoms with Crippen molar-refractivity contribution in [3.05, 3.63) is 43.2 Å². The Morgan fingerprint density at radius 2 is 1.84 bits per heavy atom. The molecule has 0 saturated carbocycles. The SMILES string of the molecule is CC1=CC(C)[C]([Ti+2]([C]2=CC=CC2)=[Si](C)C)=C1C.[Cl-].[Cl-]. The predicted octanol–water partition coefficient (Wildman–Crippen LogP) is -1.42. The summed E-state index contributed by atoms with van der Waals surface area (Å²) in [6.07, 6.45) is 10.6. The molecule has 0 fully saturated rings. The van der Waals surface area contributed by atoms with Gasteiger partial charge in [0.05, 0.1) is 0 Å². The number of hydrogen-bond donors (Lipinski definition) is 0. The van der Waals surface area contributed by atoms with Crippen molar-refractivity contribution in [2.75, 3.05) is 0 Å². The van der Waals surface area contributed by atoms with Gasteiger partial charge in [0.2, 0.25) is 0 Å². The van der Waals surface area contributed by atoms with Crippen molar-refractivity contribution >= 4 is 6.19 Å². The Morgan fingerprint density at radius 3 is 2.21 bits per heavy atom. The second kappa shape index (κ2) is 8.05. The molecule has 2 aliphatic rings. The van der Waals surface area contributed by atoms with Gasteiger partial charge in [-0.15, -0.1) is 0 Å². The Balaban J connectivity index is 0.00000162. The number of allylic oxidation sites excluding steroid dienone is 8. The van der Waals surface area contributed by atoms with Crippen molar-refractivity contribution in [1.82, 2.24) is 0 Å². The molecule has 0 N–H and O–H groups in total. The van der Waals surface area contributed by atoms with Crippen molar-refractivity contribution in [1.29, 1.82) is 0 Å². The van der Waals surface area contributed by atoms with Gasteiger partial charge in [-0.25, -0.2) is 0 Å². The van der Waals surface area contributed by atoms with E-state index >= 15 is 0 Å². The fourth-order valence-electron chi connectivity index (χ4n) is 2.95. The summed E-state index contributed by atoms with van der Waals surface area (Å²) in [4.78, 5) is 0. The van der Waals surface area contributed by atoms with Crippen LogP contribution in [0.5, 0.6) is 0 Å². The van der Waals surface area contributed by atoms with Gasteiger partial charge >= 0.3 is 112 Å². The van der Waals surface area contributed by atoms with Crippen LogP contribution in [0, 0.1) is 5.92 Å². The van der Waals surface area contributed by atoms with Crippen LogP contribution in [0.1, 0.15) is 27.2 Å². The van der Waals surface area contributed by atoms with E-state index < -0.39 is 16.6 Å². The zero-order chi connectivity index (χ0) is 12.6. The van der Waals surface area contributed by atoms with Crippen LogP contribution in [0.3, 0.4) is 0 Å². The molecule has 0 aromatic carbocycles. The molecule has 0 nitrogen and oxygen atoms in total. The summed E-state index contributed by atoms with van der Waals surface area (Å²) in [6, 6.07) is 0. The van der Waals surface area contributed by atoms with Gasteiger partial charge in [-0.2, -0.15) is 0 Å². The summed E-state index contributed by atoms with van der Waals surface area (Å²) in [6.45, 7) is 12.1. The molecule has 2 rings (SSSR count). The molecule has 0 radical (unpaired) electrons. The Bertz CT molecular complexity index is 506. The summed E-state index contributed by atoms with van der Waals surface area (Å²) >= 11 is -1.15. The van der Waals surface area contributed by atoms with Crippen LogP contribution >= 0.6 is 0 Å². The third-order valence-corrected chi connectivity index (χ3v) is 15.7. The molecular weight excluding hydrogens is 327 g/mol. The molecular formula is C15H22Cl2SiTi. The largest absolute Gasteiger partial charge is 1.00 e. The second-order valence-electron chi connectivity index (χ2n) is 5.38. The second-order valence-corrected chi connectivity index (χ2v) is 17.1. The van der Waals surface area contributed by atoms with Gasteiger partial charge in [0.15, 0.2) is 0 Å². The van der Waals surface area contributed by atoms with Gasteiger partial charge in [-0.3, -0.25) is 0 Å². The first kappa shape index (κ1) is 19.5. The number of hydrogen-bond acceptors (Lipinski definition) is 0. The molecule has 0 aliphatic heterocycles. The first-order valence-electron chi connectivity index (χ1n) is 6.46. The molecule has 0 amide bonds. The van der Waals surface area contributed by atoms with E-state index in [1.807, 2.05) is 7.76 Å². The first-order chi connectivity index (χ1) is 8.02. The minimum atomic E-state index is -1.15. The topological polar surface area (TPSA) is 0 Å². The normalized spacial score (nSPS) is 20.1. The minimum Gasteiger partial charge on any atom is -1.00 e. The average Bonchev–Trinajstić information content (AvgIpc) is 2.83. The maximum atomic E-state index is 2.53. The maximum absolute atomic E-state index is 2.53. The Kier molecular flexibility index (Phi) is 8.25. The molecule has 1 unspecified atom stereocenters. The Hall–Kier alpha value is 0.471. The van der Waals surface area contributed by atoms with Gasteiger partial charge in [0.25, 0.3) is 0 Å². The fourth-order valence-corrected chi connectivity index (χ4v) is 15.3. The molecule has 0 saturated heterocycles. The quantitative estimate of drug-likeness (QED) is 0.537. The Labute approximate surface area is 136 Å². The summed E-state index contributed by atoms with van der Waals surface area (Å²) in [5, 5.41) is 0. The minimum absolute atomic E-state index is 0. The van der Waals surface area contributed by atoms with Gasteiger partial charge in [-0.1, -0.05) is 0 Å². The monoisotopic (exact) mass is 348 g/mol. The smallest absolute Gasteiger partial charge is 1.00 e. The van der Waals surface area contributed by atoms with Crippen molar-refractivity contribution < 1.29 is 41.4 Å². The zero-order valence-electron chi connectivity index (χ0n) is 12.3. The van der Waals surface area contributed by atoms with Crippen LogP contribution in [0.4, 0.5) is 0 Å². The zero-order valence-corrected chi connectivity index (χ0v) is 16.4. The molecule has 0 heterocycles. The van der Waals surface area contributed by atoms with Crippen LogP contribution in [0.15, 0.2) is 43.2 Å². The average molecular weight is 349 g/mol. The Morgan fingerprint density at radius 1 is 1.21 bits per heavy atom. The van der Waals surface area contributed by atoms with Gasteiger partial charge in [-0.05, 0) is 0 Å². The molecule has 104 valence electrons. The van der Waals surface area contributed by atoms with Gasteiger partial charge < -0.3 is 24.8 Å². The molecule has 0 bridgehead atoms. The van der Waals surface area contributed by atoms with Crippen molar-refractivity contribution in [3.8, 4) is 0 Å². The van der Waals surface area contributed by atoms with E-state index in [1.165, 1.54) is 12.0 Å². The summed E-state index contributed by atoms with van der Waals surface area (Å²) in [7, 11) is 0. The van der Waals surface area contributed by atoms with Crippen LogP contribution in [-0.2, 0) is 16.6 Å². The van der Waals surface area contributed by atoms with Crippen molar-refractivity contribution in [3.63, 3.8) is 0 Å². The van der Waals surface area contributed by atoms with E-state index in [1.54, 1.807) is 5.57 Å². The molecule has 2 aliphatic carbocycles. The van der Waals surface area contributed by atoms with Crippen LogP contribution in [0.25, 0.3) is 0 Å². The molecule has 0 aromatic rings. The van der Waals surface area contributed by atoms with Gasteiger partial charge in [0.1, 0.15) is 0 Å². The maximum Gasteiger partial charge on any atom is -1.00 e. The first-order valence-corrected chi connectivity index (χ1v) is 12.9. The molecule has 0 spiro atoms. The standard InChI is InChI=1S/C8H11.C5H5.C2H6Si.2ClH.Ti/c1-6-4-7(2)8(3)5-6;1-2-4-5-3-1;1-3-2;;;/h4,6H,1-3H3;1-3H,4H2;1-2H3;2*1H;/q;;;;;+2/p-2. The summed E-state index contributed by atoms with van der Waals surface area (Å²) < 4.78 is 3.68. The molecule has 1 atom stereocenters. The van der Waals surface area contributed by atoms with Gasteiger partial charge in [0, 0.05) is 0 Å². The summed E-state index contributed by atoms with van der Waals surface area (Å²) in [5.74, 6) is 0.714. The van der Waals surface area contributed by atoms with E-state index in [4.69, 9.17) is 0 Å².